The Balaban J connectivity index is 1.75. The maximum Gasteiger partial charge on any atom is 0.224 e. The van der Waals surface area contributed by atoms with Crippen molar-refractivity contribution in [2.45, 2.75) is 30.7 Å². The molecule has 0 aliphatic heterocycles. The molecule has 3 rings (SSSR count). The molecule has 1 aromatic carbocycles. The number of thiophene rings is 1. The summed E-state index contributed by atoms with van der Waals surface area (Å²) < 4.78 is 23.1. The summed E-state index contributed by atoms with van der Waals surface area (Å²) in [6, 6.07) is 12.1. The number of carbonyl (C=O) groups excluding carboxylic acids is 1. The van der Waals surface area contributed by atoms with Gasteiger partial charge in [-0.25, -0.2) is 8.42 Å². The van der Waals surface area contributed by atoms with Crippen LogP contribution >= 0.6 is 11.3 Å². The van der Waals surface area contributed by atoms with Crippen LogP contribution in [0, 0.1) is 6.92 Å². The normalized spacial score (nSPS) is 12.5. The summed E-state index contributed by atoms with van der Waals surface area (Å²) in [6.07, 6.45) is 3.74. The van der Waals surface area contributed by atoms with Gasteiger partial charge in [0.25, 0.3) is 0 Å². The number of rotatable bonds is 7. The summed E-state index contributed by atoms with van der Waals surface area (Å²) in [4.78, 5) is 17.4. The molecule has 1 amide bonds. The van der Waals surface area contributed by atoms with E-state index >= 15 is 0 Å². The van der Waals surface area contributed by atoms with Gasteiger partial charge in [0, 0.05) is 12.5 Å². The van der Waals surface area contributed by atoms with Crippen LogP contribution in [0.3, 0.4) is 0 Å². The first-order valence-electron chi connectivity index (χ1n) is 8.84. The van der Waals surface area contributed by atoms with Gasteiger partial charge in [-0.3, -0.25) is 9.78 Å². The van der Waals surface area contributed by atoms with Crippen molar-refractivity contribution in [2.75, 3.05) is 6.26 Å². The molecule has 0 bridgehead atoms. The minimum absolute atomic E-state index is 0.127. The summed E-state index contributed by atoms with van der Waals surface area (Å²) in [5.41, 5.74) is 3.80. The van der Waals surface area contributed by atoms with Crippen LogP contribution in [0.1, 0.15) is 28.4 Å². The summed E-state index contributed by atoms with van der Waals surface area (Å²) in [5, 5.41) is 7.18. The predicted octanol–water partition coefficient (Wildman–Crippen LogP) is 3.50. The Hall–Kier alpha value is -2.51. The lowest BCUT2D eigenvalue weighted by Crippen LogP contribution is -2.32. The third kappa shape index (κ3) is 5.27. The first-order valence-corrected chi connectivity index (χ1v) is 11.7. The van der Waals surface area contributed by atoms with Crippen molar-refractivity contribution < 1.29 is 13.2 Å². The fourth-order valence-electron chi connectivity index (χ4n) is 3.01. The van der Waals surface area contributed by atoms with E-state index in [9.17, 15) is 13.2 Å². The molecule has 5 nitrogen and oxygen atoms in total. The van der Waals surface area contributed by atoms with Crippen LogP contribution in [-0.4, -0.2) is 25.6 Å². The monoisotopic (exact) mass is 414 g/mol. The van der Waals surface area contributed by atoms with Gasteiger partial charge in [-0.2, -0.15) is 11.3 Å². The van der Waals surface area contributed by atoms with Crippen LogP contribution in [0.5, 0.6) is 0 Å². The van der Waals surface area contributed by atoms with Gasteiger partial charge in [-0.05, 0) is 65.1 Å². The van der Waals surface area contributed by atoms with Gasteiger partial charge in [0.05, 0.1) is 23.1 Å². The fraction of sp³-hybridized carbons (Fsp3) is 0.238. The highest BCUT2D eigenvalue weighted by atomic mass is 32.2. The maximum absolute atomic E-state index is 12.7. The van der Waals surface area contributed by atoms with Gasteiger partial charge in [0.2, 0.25) is 5.91 Å². The van der Waals surface area contributed by atoms with Crippen LogP contribution in [0.15, 0.2) is 64.3 Å². The van der Waals surface area contributed by atoms with Crippen LogP contribution in [0.4, 0.5) is 0 Å². The molecule has 2 heterocycles. The van der Waals surface area contributed by atoms with Gasteiger partial charge in [0.15, 0.2) is 9.84 Å². The minimum Gasteiger partial charge on any atom is -0.347 e. The zero-order valence-electron chi connectivity index (χ0n) is 15.8. The fourth-order valence-corrected chi connectivity index (χ4v) is 4.32. The number of hydrogen-bond donors (Lipinski definition) is 1. The number of benzene rings is 1. The molecule has 1 N–H and O–H groups in total. The molecule has 0 spiro atoms. The lowest BCUT2D eigenvalue weighted by molar-refractivity contribution is -0.121. The zero-order chi connectivity index (χ0) is 20.1. The van der Waals surface area contributed by atoms with Gasteiger partial charge in [-0.15, -0.1) is 0 Å². The number of carbonyl (C=O) groups is 1. The number of amides is 1. The van der Waals surface area contributed by atoms with Crippen LogP contribution in [0.2, 0.25) is 0 Å². The second-order valence-corrected chi connectivity index (χ2v) is 9.55. The first-order chi connectivity index (χ1) is 13.3. The SMILES string of the molecule is Cc1cccnc1C(Cc1ccsc1)NC(=O)Cc1ccc(S(C)(=O)=O)cc1. The third-order valence-electron chi connectivity index (χ3n) is 4.45. The summed E-state index contributed by atoms with van der Waals surface area (Å²) in [6.45, 7) is 1.99. The Kier molecular flexibility index (Phi) is 6.26. The van der Waals surface area contributed by atoms with E-state index in [2.05, 4.69) is 15.7 Å². The lowest BCUT2D eigenvalue weighted by atomic mass is 10.0. The van der Waals surface area contributed by atoms with Crippen molar-refractivity contribution in [1.29, 1.82) is 0 Å². The van der Waals surface area contributed by atoms with E-state index < -0.39 is 9.84 Å². The highest BCUT2D eigenvalue weighted by Crippen LogP contribution is 2.21. The number of aryl methyl sites for hydroxylation is 1. The molecule has 2 aromatic heterocycles. The molecule has 1 atom stereocenters. The van der Waals surface area contributed by atoms with E-state index in [1.807, 2.05) is 30.5 Å². The van der Waals surface area contributed by atoms with E-state index in [-0.39, 0.29) is 23.3 Å². The summed E-state index contributed by atoms with van der Waals surface area (Å²) in [7, 11) is -3.24. The Morgan fingerprint density at radius 3 is 2.50 bits per heavy atom. The second-order valence-electron chi connectivity index (χ2n) is 6.75. The molecule has 3 aromatic rings. The standard InChI is InChI=1S/C21H22N2O3S2/c1-15-4-3-10-22-21(15)19(12-17-9-11-27-14-17)23-20(24)13-16-5-7-18(8-6-16)28(2,25)26/h3-11,14,19H,12-13H2,1-2H3,(H,23,24). The van der Waals surface area contributed by atoms with E-state index in [0.29, 0.717) is 6.42 Å². The topological polar surface area (TPSA) is 76.1 Å². The largest absolute Gasteiger partial charge is 0.347 e. The van der Waals surface area contributed by atoms with E-state index in [4.69, 9.17) is 0 Å². The summed E-state index contributed by atoms with van der Waals surface area (Å²) in [5.74, 6) is -0.127. The van der Waals surface area contributed by atoms with Crippen molar-refractivity contribution in [3.63, 3.8) is 0 Å². The van der Waals surface area contributed by atoms with Crippen LogP contribution in [-0.2, 0) is 27.5 Å². The average molecular weight is 415 g/mol. The Morgan fingerprint density at radius 1 is 1.14 bits per heavy atom. The Morgan fingerprint density at radius 2 is 1.89 bits per heavy atom. The molecule has 0 fully saturated rings. The van der Waals surface area contributed by atoms with Crippen molar-refractivity contribution >= 4 is 27.1 Å². The van der Waals surface area contributed by atoms with Crippen molar-refractivity contribution in [2.24, 2.45) is 0 Å². The predicted molar refractivity (Wildman–Crippen MR) is 111 cm³/mol. The van der Waals surface area contributed by atoms with E-state index in [1.165, 1.54) is 18.4 Å². The van der Waals surface area contributed by atoms with Gasteiger partial charge < -0.3 is 5.32 Å². The Labute approximate surface area is 169 Å². The average Bonchev–Trinajstić information content (AvgIpc) is 3.14. The molecule has 28 heavy (non-hydrogen) atoms. The van der Waals surface area contributed by atoms with Crippen molar-refractivity contribution in [3.8, 4) is 0 Å². The molecule has 0 aliphatic carbocycles. The molecule has 0 radical (unpaired) electrons. The number of hydrogen-bond acceptors (Lipinski definition) is 5. The smallest absolute Gasteiger partial charge is 0.224 e. The third-order valence-corrected chi connectivity index (χ3v) is 6.31. The minimum atomic E-state index is -3.24. The molecular formula is C21H22N2O3S2. The molecule has 1 unspecified atom stereocenters. The molecule has 0 aliphatic rings. The quantitative estimate of drug-likeness (QED) is 0.642. The van der Waals surface area contributed by atoms with Gasteiger partial charge >= 0.3 is 0 Å². The van der Waals surface area contributed by atoms with E-state index in [1.54, 1.807) is 29.7 Å². The number of nitrogens with zero attached hydrogens (tertiary/aromatic N) is 1. The maximum atomic E-state index is 12.7. The number of aromatic nitrogens is 1. The Bertz CT molecular complexity index is 1040. The van der Waals surface area contributed by atoms with Crippen LogP contribution in [0.25, 0.3) is 0 Å². The van der Waals surface area contributed by atoms with Gasteiger partial charge in [0.1, 0.15) is 0 Å². The number of sulfone groups is 1. The zero-order valence-corrected chi connectivity index (χ0v) is 17.4. The second kappa shape index (κ2) is 8.67. The number of pyridine rings is 1. The molecule has 7 heteroatoms. The molecule has 146 valence electrons. The highest BCUT2D eigenvalue weighted by molar-refractivity contribution is 7.90. The molecule has 0 saturated carbocycles. The number of nitrogens with one attached hydrogen (secondary N) is 1. The molecule has 0 saturated heterocycles. The lowest BCUT2D eigenvalue weighted by Gasteiger charge is -2.20. The van der Waals surface area contributed by atoms with Crippen LogP contribution < -0.4 is 5.32 Å². The molecular weight excluding hydrogens is 392 g/mol. The highest BCUT2D eigenvalue weighted by Gasteiger charge is 2.19. The summed E-state index contributed by atoms with van der Waals surface area (Å²) >= 11 is 1.62. The van der Waals surface area contributed by atoms with Crippen molar-refractivity contribution in [3.05, 3.63) is 81.8 Å². The first kappa shape index (κ1) is 20.2. The van der Waals surface area contributed by atoms with Crippen molar-refractivity contribution in [1.82, 2.24) is 10.3 Å². The van der Waals surface area contributed by atoms with Gasteiger partial charge in [-0.1, -0.05) is 18.2 Å². The van der Waals surface area contributed by atoms with E-state index in [0.717, 1.165) is 22.4 Å².